The van der Waals surface area contributed by atoms with E-state index in [-0.39, 0.29) is 5.41 Å². The van der Waals surface area contributed by atoms with Gasteiger partial charge in [-0.25, -0.2) is 0 Å². The SMILES string of the molecule is CC1(C)c2ccccc2Oc2ccc(-c3ccc4sc5ccccc5c4c3)cc21. The van der Waals surface area contributed by atoms with Crippen molar-refractivity contribution < 1.29 is 4.74 Å². The Morgan fingerprint density at radius 1 is 0.621 bits per heavy atom. The van der Waals surface area contributed by atoms with Gasteiger partial charge >= 0.3 is 0 Å². The van der Waals surface area contributed by atoms with Gasteiger partial charge in [0, 0.05) is 36.7 Å². The van der Waals surface area contributed by atoms with Crippen LogP contribution in [0.15, 0.2) is 84.9 Å². The van der Waals surface area contributed by atoms with Gasteiger partial charge in [-0.1, -0.05) is 62.4 Å². The number of fused-ring (bicyclic) bond motifs is 5. The van der Waals surface area contributed by atoms with Crippen LogP contribution in [0.5, 0.6) is 11.5 Å². The number of para-hydroxylation sites is 1. The number of hydrogen-bond acceptors (Lipinski definition) is 2. The van der Waals surface area contributed by atoms with Gasteiger partial charge in [0.25, 0.3) is 0 Å². The predicted octanol–water partition coefficient (Wildman–Crippen LogP) is 8.15. The zero-order valence-corrected chi connectivity index (χ0v) is 17.2. The number of benzene rings is 4. The Bertz CT molecular complexity index is 1410. The molecule has 0 atom stereocenters. The Kier molecular flexibility index (Phi) is 3.45. The molecule has 0 saturated carbocycles. The Morgan fingerprint density at radius 2 is 1.31 bits per heavy atom. The van der Waals surface area contributed by atoms with E-state index >= 15 is 0 Å². The Hall–Kier alpha value is -3.10. The van der Waals surface area contributed by atoms with Gasteiger partial charge in [-0.05, 0) is 47.5 Å². The molecule has 0 bridgehead atoms. The Labute approximate surface area is 174 Å². The van der Waals surface area contributed by atoms with Gasteiger partial charge in [-0.15, -0.1) is 11.3 Å². The van der Waals surface area contributed by atoms with Crippen molar-refractivity contribution in [1.29, 1.82) is 0 Å². The van der Waals surface area contributed by atoms with Crippen LogP contribution in [-0.2, 0) is 5.41 Å². The van der Waals surface area contributed by atoms with Crippen LogP contribution < -0.4 is 4.74 Å². The molecule has 29 heavy (non-hydrogen) atoms. The molecule has 1 aliphatic heterocycles. The summed E-state index contributed by atoms with van der Waals surface area (Å²) in [6.07, 6.45) is 0. The summed E-state index contributed by atoms with van der Waals surface area (Å²) in [5.41, 5.74) is 4.86. The van der Waals surface area contributed by atoms with E-state index in [1.54, 1.807) is 0 Å². The molecular weight excluding hydrogens is 372 g/mol. The molecule has 1 aliphatic rings. The number of hydrogen-bond donors (Lipinski definition) is 0. The number of thiophene rings is 1. The maximum absolute atomic E-state index is 6.22. The zero-order chi connectivity index (χ0) is 19.6. The van der Waals surface area contributed by atoms with Gasteiger partial charge in [-0.3, -0.25) is 0 Å². The molecule has 0 unspecified atom stereocenters. The molecule has 0 N–H and O–H groups in total. The number of rotatable bonds is 1. The quantitative estimate of drug-likeness (QED) is 0.280. The minimum atomic E-state index is -0.0979. The first-order valence-electron chi connectivity index (χ1n) is 9.95. The van der Waals surface area contributed by atoms with Crippen molar-refractivity contribution in [2.45, 2.75) is 19.3 Å². The number of ether oxygens (including phenoxy) is 1. The molecule has 0 radical (unpaired) electrons. The van der Waals surface area contributed by atoms with Crippen LogP contribution >= 0.6 is 11.3 Å². The molecule has 1 nitrogen and oxygen atoms in total. The lowest BCUT2D eigenvalue weighted by molar-refractivity contribution is 0.418. The van der Waals surface area contributed by atoms with Crippen molar-refractivity contribution in [3.05, 3.63) is 96.1 Å². The third-order valence-electron chi connectivity index (χ3n) is 6.14. The van der Waals surface area contributed by atoms with Crippen molar-refractivity contribution in [3.63, 3.8) is 0 Å². The molecule has 140 valence electrons. The minimum Gasteiger partial charge on any atom is -0.457 e. The van der Waals surface area contributed by atoms with Crippen LogP contribution in [0.3, 0.4) is 0 Å². The van der Waals surface area contributed by atoms with E-state index in [2.05, 4.69) is 92.7 Å². The Morgan fingerprint density at radius 3 is 2.24 bits per heavy atom. The zero-order valence-electron chi connectivity index (χ0n) is 16.4. The molecule has 0 fully saturated rings. The highest BCUT2D eigenvalue weighted by atomic mass is 32.1. The molecule has 1 aromatic heterocycles. The van der Waals surface area contributed by atoms with E-state index < -0.39 is 0 Å². The summed E-state index contributed by atoms with van der Waals surface area (Å²) in [4.78, 5) is 0. The maximum Gasteiger partial charge on any atom is 0.131 e. The minimum absolute atomic E-state index is 0.0979. The van der Waals surface area contributed by atoms with Crippen molar-refractivity contribution in [1.82, 2.24) is 0 Å². The van der Waals surface area contributed by atoms with Gasteiger partial charge in [0.05, 0.1) is 0 Å². The normalized spacial score (nSPS) is 14.4. The highest BCUT2D eigenvalue weighted by Crippen LogP contribution is 2.48. The van der Waals surface area contributed by atoms with Crippen LogP contribution in [0.1, 0.15) is 25.0 Å². The van der Waals surface area contributed by atoms with Crippen LogP contribution in [0.2, 0.25) is 0 Å². The highest BCUT2D eigenvalue weighted by Gasteiger charge is 2.34. The summed E-state index contributed by atoms with van der Waals surface area (Å²) in [7, 11) is 0. The van der Waals surface area contributed by atoms with Crippen molar-refractivity contribution in [2.75, 3.05) is 0 Å². The predicted molar refractivity (Wildman–Crippen MR) is 123 cm³/mol. The maximum atomic E-state index is 6.22. The van der Waals surface area contributed by atoms with Crippen LogP contribution in [0.25, 0.3) is 31.3 Å². The van der Waals surface area contributed by atoms with E-state index in [1.165, 1.54) is 42.4 Å². The molecule has 5 aromatic rings. The van der Waals surface area contributed by atoms with Gasteiger partial charge in [0.2, 0.25) is 0 Å². The van der Waals surface area contributed by atoms with E-state index in [0.717, 1.165) is 11.5 Å². The average molecular weight is 393 g/mol. The first kappa shape index (κ1) is 16.8. The van der Waals surface area contributed by atoms with Crippen LogP contribution in [0, 0.1) is 0 Å². The Balaban J connectivity index is 1.52. The summed E-state index contributed by atoms with van der Waals surface area (Å²) < 4.78 is 8.90. The molecule has 4 aromatic carbocycles. The molecule has 0 amide bonds. The van der Waals surface area contributed by atoms with Crippen LogP contribution in [0.4, 0.5) is 0 Å². The van der Waals surface area contributed by atoms with Gasteiger partial charge in [0.15, 0.2) is 0 Å². The molecule has 2 heteroatoms. The summed E-state index contributed by atoms with van der Waals surface area (Å²) in [6.45, 7) is 4.57. The molecule has 0 spiro atoms. The smallest absolute Gasteiger partial charge is 0.131 e. The van der Waals surface area contributed by atoms with Crippen molar-refractivity contribution in [3.8, 4) is 22.6 Å². The standard InChI is InChI=1S/C27H20OS/c1-27(2)21-8-4-5-9-23(21)28-24-13-11-18(16-22(24)27)17-12-14-26-20(15-17)19-7-3-6-10-25(19)29-26/h3-16H,1-2H3. The van der Waals surface area contributed by atoms with E-state index in [4.69, 9.17) is 4.74 Å². The molecular formula is C27H20OS. The molecule has 0 aliphatic carbocycles. The average Bonchev–Trinajstić information content (AvgIpc) is 3.12. The van der Waals surface area contributed by atoms with Gasteiger partial charge < -0.3 is 4.74 Å². The summed E-state index contributed by atoms with van der Waals surface area (Å²) in [6, 6.07) is 30.5. The monoisotopic (exact) mass is 392 g/mol. The lowest BCUT2D eigenvalue weighted by atomic mass is 9.75. The second kappa shape index (κ2) is 5.95. The first-order chi connectivity index (χ1) is 14.1. The largest absolute Gasteiger partial charge is 0.457 e. The summed E-state index contributed by atoms with van der Waals surface area (Å²) in [5.74, 6) is 1.92. The summed E-state index contributed by atoms with van der Waals surface area (Å²) >= 11 is 1.86. The molecule has 0 saturated heterocycles. The molecule has 2 heterocycles. The third-order valence-corrected chi connectivity index (χ3v) is 7.30. The fourth-order valence-electron chi connectivity index (χ4n) is 4.53. The van der Waals surface area contributed by atoms with E-state index in [1.807, 2.05) is 17.4 Å². The van der Waals surface area contributed by atoms with Crippen molar-refractivity contribution in [2.24, 2.45) is 0 Å². The van der Waals surface area contributed by atoms with E-state index in [0.29, 0.717) is 0 Å². The van der Waals surface area contributed by atoms with Crippen molar-refractivity contribution >= 4 is 31.5 Å². The topological polar surface area (TPSA) is 9.23 Å². The van der Waals surface area contributed by atoms with Gasteiger partial charge in [-0.2, -0.15) is 0 Å². The van der Waals surface area contributed by atoms with Crippen LogP contribution in [-0.4, -0.2) is 0 Å². The second-order valence-electron chi connectivity index (χ2n) is 8.24. The van der Waals surface area contributed by atoms with Gasteiger partial charge in [0.1, 0.15) is 11.5 Å². The van der Waals surface area contributed by atoms with E-state index in [9.17, 15) is 0 Å². The third kappa shape index (κ3) is 2.46. The first-order valence-corrected chi connectivity index (χ1v) is 10.8. The lowest BCUT2D eigenvalue weighted by Crippen LogP contribution is -2.24. The lowest BCUT2D eigenvalue weighted by Gasteiger charge is -2.34. The molecule has 6 rings (SSSR count). The second-order valence-corrected chi connectivity index (χ2v) is 9.33. The highest BCUT2D eigenvalue weighted by molar-refractivity contribution is 7.25. The fourth-order valence-corrected chi connectivity index (χ4v) is 5.61. The summed E-state index contributed by atoms with van der Waals surface area (Å²) in [5, 5.41) is 2.67. The fraction of sp³-hybridized carbons (Fsp3) is 0.111.